The maximum atomic E-state index is 9.17. The molecule has 0 saturated carbocycles. The summed E-state index contributed by atoms with van der Waals surface area (Å²) in [6.45, 7) is 0. The van der Waals surface area contributed by atoms with E-state index in [4.69, 9.17) is 11.6 Å². The van der Waals surface area contributed by atoms with Gasteiger partial charge in [0.15, 0.2) is 0 Å². The fraction of sp³-hybridized carbons (Fsp3) is 0.333. The lowest BCUT2D eigenvalue weighted by atomic mass is 9.89. The highest BCUT2D eigenvalue weighted by atomic mass is 35.5. The van der Waals surface area contributed by atoms with Crippen LogP contribution in [-0.4, -0.2) is 5.11 Å². The second-order valence-corrected chi connectivity index (χ2v) is 4.10. The second kappa shape index (κ2) is 4.05. The Labute approximate surface area is 89.0 Å². The Hall–Kier alpha value is -0.950. The van der Waals surface area contributed by atoms with Gasteiger partial charge in [0.2, 0.25) is 0 Å². The van der Waals surface area contributed by atoms with Crippen molar-refractivity contribution < 1.29 is 5.11 Å². The van der Waals surface area contributed by atoms with E-state index in [1.807, 2.05) is 12.1 Å². The molecule has 0 heterocycles. The van der Waals surface area contributed by atoms with Gasteiger partial charge in [-0.1, -0.05) is 29.8 Å². The lowest BCUT2D eigenvalue weighted by molar-refractivity contribution is 0.475. The molecular weight excluding hydrogens is 196 g/mol. The zero-order valence-electron chi connectivity index (χ0n) is 7.91. The molecule has 1 atom stereocenters. The number of rotatable bonds is 1. The Bertz CT molecular complexity index is 340. The van der Waals surface area contributed by atoms with Crippen LogP contribution in [0.5, 0.6) is 5.75 Å². The van der Waals surface area contributed by atoms with Crippen LogP contribution in [0.2, 0.25) is 0 Å². The summed E-state index contributed by atoms with van der Waals surface area (Å²) in [6.07, 6.45) is 5.50. The zero-order chi connectivity index (χ0) is 9.97. The van der Waals surface area contributed by atoms with Crippen molar-refractivity contribution in [3.05, 3.63) is 40.9 Å². The molecule has 0 amide bonds. The van der Waals surface area contributed by atoms with Gasteiger partial charge in [-0.3, -0.25) is 0 Å². The fourth-order valence-corrected chi connectivity index (χ4v) is 2.22. The summed E-state index contributed by atoms with van der Waals surface area (Å²) in [6, 6.07) is 7.32. The third-order valence-corrected chi connectivity index (χ3v) is 3.08. The first-order valence-corrected chi connectivity index (χ1v) is 5.29. The van der Waals surface area contributed by atoms with E-state index in [1.165, 1.54) is 12.0 Å². The molecule has 0 radical (unpaired) electrons. The lowest BCUT2D eigenvalue weighted by Crippen LogP contribution is -2.02. The number of phenolic OH excluding ortho intramolecular Hbond substituents is 1. The summed E-state index contributed by atoms with van der Waals surface area (Å²) in [7, 11) is 0. The van der Waals surface area contributed by atoms with Gasteiger partial charge >= 0.3 is 0 Å². The first-order valence-electron chi connectivity index (χ1n) is 4.92. The van der Waals surface area contributed by atoms with Crippen molar-refractivity contribution in [3.8, 4) is 5.75 Å². The highest BCUT2D eigenvalue weighted by Gasteiger charge is 2.17. The van der Waals surface area contributed by atoms with Crippen LogP contribution in [-0.2, 0) is 0 Å². The van der Waals surface area contributed by atoms with E-state index < -0.39 is 0 Å². The number of hydrogen-bond acceptors (Lipinski definition) is 1. The van der Waals surface area contributed by atoms with Crippen molar-refractivity contribution in [2.45, 2.75) is 25.2 Å². The molecule has 14 heavy (non-hydrogen) atoms. The van der Waals surface area contributed by atoms with E-state index in [2.05, 4.69) is 6.08 Å². The summed E-state index contributed by atoms with van der Waals surface area (Å²) in [5.41, 5.74) is 1.20. The Balaban J connectivity index is 2.26. The van der Waals surface area contributed by atoms with Gasteiger partial charge in [-0.25, -0.2) is 0 Å². The fourth-order valence-electron chi connectivity index (χ4n) is 1.87. The standard InChI is InChI=1S/C12H13ClO/c13-12-4-2-1-3-11(12)9-5-7-10(14)8-6-9/h4-8,11,14H,1-3H2. The molecule has 1 N–H and O–H groups in total. The van der Waals surface area contributed by atoms with Gasteiger partial charge in [-0.15, -0.1) is 0 Å². The minimum absolute atomic E-state index is 0.310. The predicted molar refractivity (Wildman–Crippen MR) is 58.6 cm³/mol. The highest BCUT2D eigenvalue weighted by Crippen LogP contribution is 2.36. The summed E-state index contributed by atoms with van der Waals surface area (Å²) in [5, 5.41) is 10.1. The molecule has 2 rings (SSSR count). The zero-order valence-corrected chi connectivity index (χ0v) is 8.67. The summed E-state index contributed by atoms with van der Waals surface area (Å²) < 4.78 is 0. The first kappa shape index (κ1) is 9.60. The van der Waals surface area contributed by atoms with E-state index in [-0.39, 0.29) is 0 Å². The van der Waals surface area contributed by atoms with E-state index in [1.54, 1.807) is 12.1 Å². The smallest absolute Gasteiger partial charge is 0.115 e. The van der Waals surface area contributed by atoms with E-state index in [9.17, 15) is 5.11 Å². The number of allylic oxidation sites excluding steroid dienone is 2. The van der Waals surface area contributed by atoms with Crippen molar-refractivity contribution >= 4 is 11.6 Å². The Morgan fingerprint density at radius 3 is 2.57 bits per heavy atom. The lowest BCUT2D eigenvalue weighted by Gasteiger charge is -2.20. The highest BCUT2D eigenvalue weighted by molar-refractivity contribution is 6.30. The van der Waals surface area contributed by atoms with Crippen LogP contribution in [0, 0.1) is 0 Å². The SMILES string of the molecule is Oc1ccc(C2CCCC=C2Cl)cc1. The number of phenols is 1. The predicted octanol–water partition coefficient (Wildman–Crippen LogP) is 3.78. The maximum Gasteiger partial charge on any atom is 0.115 e. The maximum absolute atomic E-state index is 9.17. The molecule has 1 aromatic carbocycles. The molecule has 0 saturated heterocycles. The van der Waals surface area contributed by atoms with Crippen molar-refractivity contribution in [1.82, 2.24) is 0 Å². The second-order valence-electron chi connectivity index (χ2n) is 3.66. The van der Waals surface area contributed by atoms with Crippen molar-refractivity contribution in [2.75, 3.05) is 0 Å². The summed E-state index contributed by atoms with van der Waals surface area (Å²) in [4.78, 5) is 0. The molecule has 1 unspecified atom stereocenters. The Kier molecular flexibility index (Phi) is 2.78. The monoisotopic (exact) mass is 208 g/mol. The van der Waals surface area contributed by atoms with Crippen LogP contribution in [0.25, 0.3) is 0 Å². The van der Waals surface area contributed by atoms with Crippen molar-refractivity contribution in [2.24, 2.45) is 0 Å². The Morgan fingerprint density at radius 1 is 1.21 bits per heavy atom. The van der Waals surface area contributed by atoms with Gasteiger partial charge in [-0.2, -0.15) is 0 Å². The van der Waals surface area contributed by atoms with Gasteiger partial charge in [0, 0.05) is 11.0 Å². The van der Waals surface area contributed by atoms with E-state index in [0.29, 0.717) is 11.7 Å². The minimum Gasteiger partial charge on any atom is -0.508 e. The van der Waals surface area contributed by atoms with Crippen LogP contribution in [0.1, 0.15) is 30.7 Å². The molecule has 0 bridgehead atoms. The molecule has 1 aliphatic carbocycles. The van der Waals surface area contributed by atoms with Crippen LogP contribution < -0.4 is 0 Å². The third-order valence-electron chi connectivity index (χ3n) is 2.66. The first-order chi connectivity index (χ1) is 6.77. The molecule has 0 aliphatic heterocycles. The number of benzene rings is 1. The van der Waals surface area contributed by atoms with Crippen LogP contribution >= 0.6 is 11.6 Å². The average molecular weight is 209 g/mol. The molecule has 0 spiro atoms. The Morgan fingerprint density at radius 2 is 1.93 bits per heavy atom. The summed E-state index contributed by atoms with van der Waals surface area (Å²) >= 11 is 6.16. The van der Waals surface area contributed by atoms with Crippen molar-refractivity contribution in [3.63, 3.8) is 0 Å². The number of aromatic hydroxyl groups is 1. The molecule has 74 valence electrons. The van der Waals surface area contributed by atoms with Gasteiger partial charge in [0.25, 0.3) is 0 Å². The number of hydrogen-bond donors (Lipinski definition) is 1. The summed E-state index contributed by atoms with van der Waals surface area (Å²) in [5.74, 6) is 0.649. The van der Waals surface area contributed by atoms with Crippen LogP contribution in [0.4, 0.5) is 0 Å². The van der Waals surface area contributed by atoms with Gasteiger partial charge in [0.05, 0.1) is 0 Å². The van der Waals surface area contributed by atoms with Gasteiger partial charge in [-0.05, 0) is 37.0 Å². The third kappa shape index (κ3) is 1.93. The largest absolute Gasteiger partial charge is 0.508 e. The molecule has 0 fully saturated rings. The van der Waals surface area contributed by atoms with Gasteiger partial charge < -0.3 is 5.11 Å². The molecule has 0 aromatic heterocycles. The van der Waals surface area contributed by atoms with Gasteiger partial charge in [0.1, 0.15) is 5.75 Å². The molecular formula is C12H13ClO. The van der Waals surface area contributed by atoms with E-state index >= 15 is 0 Å². The van der Waals surface area contributed by atoms with Crippen LogP contribution in [0.15, 0.2) is 35.4 Å². The average Bonchev–Trinajstić information content (AvgIpc) is 2.20. The topological polar surface area (TPSA) is 20.2 Å². The molecule has 2 heteroatoms. The molecule has 1 aromatic rings. The normalized spacial score (nSPS) is 21.8. The minimum atomic E-state index is 0.310. The molecule has 1 nitrogen and oxygen atoms in total. The van der Waals surface area contributed by atoms with Crippen molar-refractivity contribution in [1.29, 1.82) is 0 Å². The quantitative estimate of drug-likeness (QED) is 0.745. The van der Waals surface area contributed by atoms with E-state index in [0.717, 1.165) is 17.9 Å². The molecule has 1 aliphatic rings. The number of halogens is 1. The van der Waals surface area contributed by atoms with Crippen LogP contribution in [0.3, 0.4) is 0 Å².